The van der Waals surface area contributed by atoms with E-state index in [9.17, 15) is 9.59 Å². The first kappa shape index (κ1) is 16.1. The van der Waals surface area contributed by atoms with Gasteiger partial charge < -0.3 is 15.4 Å². The van der Waals surface area contributed by atoms with Crippen LogP contribution in [-0.4, -0.2) is 18.9 Å². The van der Waals surface area contributed by atoms with Gasteiger partial charge >= 0.3 is 0 Å². The van der Waals surface area contributed by atoms with Crippen molar-refractivity contribution in [1.82, 2.24) is 0 Å². The molecule has 0 aliphatic heterocycles. The van der Waals surface area contributed by atoms with Crippen LogP contribution in [0.4, 0.5) is 11.4 Å². The van der Waals surface area contributed by atoms with Gasteiger partial charge in [0.15, 0.2) is 0 Å². The van der Waals surface area contributed by atoms with Crippen LogP contribution in [-0.2, 0) is 16.0 Å². The van der Waals surface area contributed by atoms with Gasteiger partial charge in [-0.1, -0.05) is 18.2 Å². The Labute approximate surface area is 141 Å². The van der Waals surface area contributed by atoms with Gasteiger partial charge in [0.05, 0.1) is 13.5 Å². The first-order valence-electron chi connectivity index (χ1n) is 7.98. The lowest BCUT2D eigenvalue weighted by Gasteiger charge is -2.09. The van der Waals surface area contributed by atoms with E-state index in [0.29, 0.717) is 11.4 Å². The van der Waals surface area contributed by atoms with E-state index in [0.717, 1.165) is 24.2 Å². The topological polar surface area (TPSA) is 67.4 Å². The fraction of sp³-hybridized carbons (Fsp3) is 0.263. The van der Waals surface area contributed by atoms with Gasteiger partial charge in [-0.05, 0) is 48.7 Å². The molecule has 1 aliphatic rings. The molecular formula is C19H20N2O3. The molecule has 2 amide bonds. The Kier molecular flexibility index (Phi) is 4.79. The summed E-state index contributed by atoms with van der Waals surface area (Å²) in [5.74, 6) is 0.810. The molecule has 124 valence electrons. The fourth-order valence-electron chi connectivity index (χ4n) is 2.44. The number of anilines is 2. The summed E-state index contributed by atoms with van der Waals surface area (Å²) in [5.41, 5.74) is 2.24. The molecule has 2 aromatic carbocycles. The highest BCUT2D eigenvalue weighted by atomic mass is 16.5. The fourth-order valence-corrected chi connectivity index (χ4v) is 2.44. The molecule has 5 heteroatoms. The van der Waals surface area contributed by atoms with Gasteiger partial charge in [-0.15, -0.1) is 0 Å². The van der Waals surface area contributed by atoms with Crippen LogP contribution in [0.2, 0.25) is 0 Å². The van der Waals surface area contributed by atoms with E-state index in [2.05, 4.69) is 10.6 Å². The molecule has 1 saturated carbocycles. The first-order valence-corrected chi connectivity index (χ1v) is 7.98. The summed E-state index contributed by atoms with van der Waals surface area (Å²) < 4.78 is 5.16. The molecule has 0 aromatic heterocycles. The van der Waals surface area contributed by atoms with Crippen molar-refractivity contribution < 1.29 is 14.3 Å². The van der Waals surface area contributed by atoms with Crippen LogP contribution in [0.25, 0.3) is 0 Å². The Bertz CT molecular complexity index is 754. The normalized spacial score (nSPS) is 13.2. The van der Waals surface area contributed by atoms with Crippen molar-refractivity contribution in [3.05, 3.63) is 54.1 Å². The number of hydrogen-bond donors (Lipinski definition) is 2. The molecule has 0 unspecified atom stereocenters. The molecule has 0 bridgehead atoms. The third kappa shape index (κ3) is 4.35. The van der Waals surface area contributed by atoms with E-state index in [1.54, 1.807) is 19.2 Å². The van der Waals surface area contributed by atoms with E-state index in [4.69, 9.17) is 4.74 Å². The van der Waals surface area contributed by atoms with Crippen LogP contribution in [0.5, 0.6) is 5.75 Å². The summed E-state index contributed by atoms with van der Waals surface area (Å²) in [6, 6.07) is 14.6. The Morgan fingerprint density at radius 2 is 1.75 bits per heavy atom. The zero-order chi connectivity index (χ0) is 16.9. The number of rotatable bonds is 6. The molecule has 0 spiro atoms. The second kappa shape index (κ2) is 7.17. The Hall–Kier alpha value is -2.82. The lowest BCUT2D eigenvalue weighted by molar-refractivity contribution is -0.117. The van der Waals surface area contributed by atoms with Gasteiger partial charge in [-0.2, -0.15) is 0 Å². The number of amides is 2. The molecule has 0 atom stereocenters. The molecule has 3 rings (SSSR count). The molecule has 1 fully saturated rings. The average Bonchev–Trinajstić information content (AvgIpc) is 3.40. The summed E-state index contributed by atoms with van der Waals surface area (Å²) >= 11 is 0. The van der Waals surface area contributed by atoms with E-state index in [1.165, 1.54) is 0 Å². The number of hydrogen-bond acceptors (Lipinski definition) is 3. The zero-order valence-corrected chi connectivity index (χ0v) is 13.5. The highest BCUT2D eigenvalue weighted by Gasteiger charge is 2.29. The van der Waals surface area contributed by atoms with Gasteiger partial charge in [-0.25, -0.2) is 0 Å². The standard InChI is InChI=1S/C19H20N2O3/c1-24-17-7-2-4-13(10-17)11-18(22)20-15-5-3-6-16(12-15)21-19(23)14-8-9-14/h2-7,10,12,14H,8-9,11H2,1H3,(H,20,22)(H,21,23). The Morgan fingerprint density at radius 1 is 1.04 bits per heavy atom. The molecular weight excluding hydrogens is 304 g/mol. The van der Waals surface area contributed by atoms with Crippen LogP contribution in [0.15, 0.2) is 48.5 Å². The third-order valence-electron chi connectivity index (χ3n) is 3.86. The summed E-state index contributed by atoms with van der Waals surface area (Å²) in [6.45, 7) is 0. The highest BCUT2D eigenvalue weighted by molar-refractivity contribution is 5.96. The van der Waals surface area contributed by atoms with E-state index < -0.39 is 0 Å². The number of ether oxygens (including phenoxy) is 1. The van der Waals surface area contributed by atoms with Crippen LogP contribution in [0.3, 0.4) is 0 Å². The zero-order valence-electron chi connectivity index (χ0n) is 13.5. The molecule has 24 heavy (non-hydrogen) atoms. The van der Waals surface area contributed by atoms with Gasteiger partial charge in [-0.3, -0.25) is 9.59 Å². The smallest absolute Gasteiger partial charge is 0.228 e. The predicted octanol–water partition coefficient (Wildman–Crippen LogP) is 3.22. The summed E-state index contributed by atoms with van der Waals surface area (Å²) in [7, 11) is 1.60. The van der Waals surface area contributed by atoms with Gasteiger partial charge in [0.25, 0.3) is 0 Å². The lowest BCUT2D eigenvalue weighted by atomic mass is 10.1. The maximum Gasteiger partial charge on any atom is 0.228 e. The number of carbonyl (C=O) groups excluding carboxylic acids is 2. The van der Waals surface area contributed by atoms with Gasteiger partial charge in [0.2, 0.25) is 11.8 Å². The van der Waals surface area contributed by atoms with Crippen molar-refractivity contribution in [1.29, 1.82) is 0 Å². The molecule has 0 saturated heterocycles. The third-order valence-corrected chi connectivity index (χ3v) is 3.86. The molecule has 2 N–H and O–H groups in total. The lowest BCUT2D eigenvalue weighted by Crippen LogP contribution is -2.16. The van der Waals surface area contributed by atoms with Crippen molar-refractivity contribution >= 4 is 23.2 Å². The van der Waals surface area contributed by atoms with Crippen LogP contribution in [0.1, 0.15) is 18.4 Å². The highest BCUT2D eigenvalue weighted by Crippen LogP contribution is 2.30. The molecule has 0 radical (unpaired) electrons. The summed E-state index contributed by atoms with van der Waals surface area (Å²) in [6.07, 6.45) is 2.18. The van der Waals surface area contributed by atoms with Gasteiger partial charge in [0, 0.05) is 17.3 Å². The van der Waals surface area contributed by atoms with Crippen LogP contribution in [0, 0.1) is 5.92 Å². The molecule has 1 aliphatic carbocycles. The minimum atomic E-state index is -0.117. The van der Waals surface area contributed by atoms with Crippen molar-refractivity contribution in [2.24, 2.45) is 5.92 Å². The minimum Gasteiger partial charge on any atom is -0.497 e. The Balaban J connectivity index is 1.60. The van der Waals surface area contributed by atoms with Crippen molar-refractivity contribution in [2.45, 2.75) is 19.3 Å². The summed E-state index contributed by atoms with van der Waals surface area (Å²) in [4.78, 5) is 24.0. The van der Waals surface area contributed by atoms with Crippen molar-refractivity contribution in [3.8, 4) is 5.75 Å². The van der Waals surface area contributed by atoms with E-state index in [1.807, 2.05) is 36.4 Å². The summed E-state index contributed by atoms with van der Waals surface area (Å²) in [5, 5.41) is 5.73. The molecule has 5 nitrogen and oxygen atoms in total. The average molecular weight is 324 g/mol. The maximum atomic E-state index is 12.2. The number of nitrogens with one attached hydrogen (secondary N) is 2. The van der Waals surface area contributed by atoms with Crippen molar-refractivity contribution in [3.63, 3.8) is 0 Å². The number of benzene rings is 2. The van der Waals surface area contributed by atoms with E-state index >= 15 is 0 Å². The number of carbonyl (C=O) groups is 2. The largest absolute Gasteiger partial charge is 0.497 e. The second-order valence-corrected chi connectivity index (χ2v) is 5.92. The Morgan fingerprint density at radius 3 is 2.46 bits per heavy atom. The molecule has 2 aromatic rings. The quantitative estimate of drug-likeness (QED) is 0.857. The predicted molar refractivity (Wildman–Crippen MR) is 93.1 cm³/mol. The van der Waals surface area contributed by atoms with Crippen molar-refractivity contribution in [2.75, 3.05) is 17.7 Å². The maximum absolute atomic E-state index is 12.2. The second-order valence-electron chi connectivity index (χ2n) is 5.92. The first-order chi connectivity index (χ1) is 11.6. The monoisotopic (exact) mass is 324 g/mol. The van der Waals surface area contributed by atoms with Crippen LogP contribution < -0.4 is 15.4 Å². The van der Waals surface area contributed by atoms with Crippen LogP contribution >= 0.6 is 0 Å². The van der Waals surface area contributed by atoms with E-state index in [-0.39, 0.29) is 24.2 Å². The minimum absolute atomic E-state index is 0.0508. The SMILES string of the molecule is COc1cccc(CC(=O)Nc2cccc(NC(=O)C3CC3)c2)c1. The van der Waals surface area contributed by atoms with Gasteiger partial charge in [0.1, 0.15) is 5.75 Å². The molecule has 0 heterocycles. The number of methoxy groups -OCH3 is 1.